The molecule has 0 spiro atoms. The SMILES string of the molecule is Brc1ccc2c(c1)CCNC2.CC(C)(C)[Si](C)(C)Cl.CN1CCc2cc(Br)ccc2C1.CN1CCc2cc(S(=O)(=O)N[Si](C)(C)C(C)(C)C)ccc2C1.CN1CCc2cc(S(=O)[O-])ccc2C1.CN1CCc2cc(S(N)(=O)=N[Si](C)(C)C(C)(C)C)ccc2C1.CN1CCc2cc(S(N)(=O)=O)ccc2C1.[Li+]. The maximum absolute atomic E-state index is 13.0. The quantitative estimate of drug-likeness (QED) is 0.0663. The summed E-state index contributed by atoms with van der Waals surface area (Å²) in [6.45, 7) is 44.1. The molecule has 6 N–H and O–H groups in total. The van der Waals surface area contributed by atoms with Crippen molar-refractivity contribution in [3.63, 3.8) is 0 Å². The number of sulfonamides is 2. The molecule has 28 heteroatoms. The zero-order chi connectivity index (χ0) is 77.9. The second-order valence-corrected chi connectivity index (χ2v) is 59.0. The van der Waals surface area contributed by atoms with Crippen LogP contribution in [0.25, 0.3) is 0 Å². The molecule has 578 valence electrons. The minimum Gasteiger partial charge on any atom is -0.768 e. The predicted molar refractivity (Wildman–Crippen MR) is 449 cm³/mol. The van der Waals surface area contributed by atoms with Crippen molar-refractivity contribution in [1.29, 1.82) is 0 Å². The third-order valence-corrected chi connectivity index (χ3v) is 44.4. The number of fused-ring (bicyclic) bond motifs is 6. The van der Waals surface area contributed by atoms with Gasteiger partial charge in [0.1, 0.15) is 18.2 Å². The normalized spacial score (nSPS) is 17.5. The summed E-state index contributed by atoms with van der Waals surface area (Å²) in [6.07, 6.45) is 6.07. The fraction of sp³-hybridized carbons (Fsp3) is 0.532. The Morgan fingerprint density at radius 2 is 0.800 bits per heavy atom. The van der Waals surface area contributed by atoms with Crippen molar-refractivity contribution >= 4 is 108 Å². The molecule has 0 aliphatic carbocycles. The van der Waals surface area contributed by atoms with Crippen molar-refractivity contribution in [1.82, 2.24) is 34.2 Å². The largest absolute Gasteiger partial charge is 1.00 e. The first kappa shape index (κ1) is 93.0. The molecule has 0 saturated heterocycles. The molecule has 6 aromatic rings. The number of rotatable bonds is 7. The van der Waals surface area contributed by atoms with Crippen LogP contribution >= 0.6 is 42.9 Å². The Morgan fingerprint density at radius 3 is 1.17 bits per heavy atom. The first-order valence-corrected chi connectivity index (χ1v) is 53.1. The summed E-state index contributed by atoms with van der Waals surface area (Å²) in [5.74, 6) is 0. The van der Waals surface area contributed by atoms with Gasteiger partial charge in [-0.25, -0.2) is 35.7 Å². The summed E-state index contributed by atoms with van der Waals surface area (Å²) < 4.78 is 92.4. The van der Waals surface area contributed by atoms with Crippen LogP contribution in [0.2, 0.25) is 54.4 Å². The molecule has 105 heavy (non-hydrogen) atoms. The fourth-order valence-electron chi connectivity index (χ4n) is 11.5. The molecule has 6 aromatic carbocycles. The Bertz CT molecular complexity index is 4320. The van der Waals surface area contributed by atoms with E-state index in [9.17, 15) is 29.8 Å². The molecule has 2 atom stereocenters. The molecule has 6 heterocycles. The van der Waals surface area contributed by atoms with Crippen molar-refractivity contribution < 1.29 is 48.7 Å². The molecule has 0 saturated carbocycles. The molecular formula is C77H120Br2ClLiN10O7S4Si3. The molecule has 0 amide bonds. The van der Waals surface area contributed by atoms with Crippen LogP contribution in [0.3, 0.4) is 0 Å². The number of nitrogens with zero attached hydrogens (tertiary/aromatic N) is 6. The zero-order valence-electron chi connectivity index (χ0n) is 66.6. The van der Waals surface area contributed by atoms with Crippen LogP contribution < -0.4 is 38.8 Å². The number of benzene rings is 6. The van der Waals surface area contributed by atoms with Crippen LogP contribution in [-0.2, 0) is 119 Å². The standard InChI is InChI=1S/C16H29N3OSSi.C16H28N2O2SSi.C10H12BrN.C10H14N2O2S.C10H13NO2S.C9H10BrN.C6H15ClSi.Li/c1-16(2,3)22(5,6)18-21(17,20)15-8-7-14-12-19(4)10-9-13(14)11-15;1-16(2,3)22(5,6)17-21(19,20)15-8-7-14-12-18(4)10-9-13(14)11-15;1-12-5-4-8-6-10(11)3-2-9(8)7-12;1-12-5-4-8-6-10(15(11,13)14)3-2-9(8)7-12;1-11-5-4-8-6-10(14(12)13)3-2-9(8)7-11;10-9-2-1-8-6-11-4-3-7(8)5-9;1-6(2,3)8(4,5)7;/h7-8,11H,9-10,12H2,1-6H3,(H2,17,18,20);7-8,11,17H,9-10,12H2,1-6H3;2-3,6H,4-5,7H2,1H3;2-3,6H,4-5,7H2,1H3,(H2,11,13,14);2-3,6H,4-5,7H2,1H3,(H,12,13);1-2,5,11H,3-4,6H2;1-5H3;/q;;;;;;;+1/p-1. The molecule has 17 nitrogen and oxygen atoms in total. The van der Waals surface area contributed by atoms with E-state index in [0.29, 0.717) is 19.7 Å². The average molecular weight is 1710 g/mol. The second-order valence-electron chi connectivity index (χ2n) is 33.4. The summed E-state index contributed by atoms with van der Waals surface area (Å²) in [5.41, 5.74) is 15.6. The monoisotopic (exact) mass is 1710 g/mol. The van der Waals surface area contributed by atoms with Gasteiger partial charge in [0, 0.05) is 85.8 Å². The van der Waals surface area contributed by atoms with E-state index in [1.807, 2.05) is 36.4 Å². The Labute approximate surface area is 672 Å². The van der Waals surface area contributed by atoms with Gasteiger partial charge in [-0.3, -0.25) is 8.24 Å². The first-order chi connectivity index (χ1) is 47.8. The Morgan fingerprint density at radius 1 is 0.476 bits per heavy atom. The Hall–Kier alpha value is -2.58. The average Bonchev–Trinajstić information content (AvgIpc) is 0.785. The van der Waals surface area contributed by atoms with Crippen molar-refractivity contribution in [2.24, 2.45) is 14.3 Å². The fourth-order valence-corrected chi connectivity index (χ4v) is 23.0. The van der Waals surface area contributed by atoms with Crippen molar-refractivity contribution in [3.8, 4) is 0 Å². The number of nitrogens with one attached hydrogen (secondary N) is 2. The van der Waals surface area contributed by atoms with Gasteiger partial charge in [-0.05, 0) is 259 Å². The zero-order valence-corrected chi connectivity index (χ0v) is 76.8. The molecule has 12 rings (SSSR count). The van der Waals surface area contributed by atoms with Crippen LogP contribution in [0.4, 0.5) is 0 Å². The Balaban J connectivity index is 0.000000225. The van der Waals surface area contributed by atoms with Gasteiger partial charge in [0.2, 0.25) is 20.0 Å². The maximum atomic E-state index is 13.0. The van der Waals surface area contributed by atoms with Crippen LogP contribution in [0.5, 0.6) is 0 Å². The van der Waals surface area contributed by atoms with E-state index in [1.54, 1.807) is 30.3 Å². The number of halogens is 3. The first-order valence-electron chi connectivity index (χ1n) is 35.9. The van der Waals surface area contributed by atoms with Gasteiger partial charge in [0.25, 0.3) is 0 Å². The number of hydrogen-bond acceptors (Lipinski definition) is 14. The van der Waals surface area contributed by atoms with E-state index in [-0.39, 0.29) is 33.8 Å². The maximum Gasteiger partial charge on any atom is 1.00 e. The molecule has 6 aliphatic rings. The third kappa shape index (κ3) is 28.2. The third-order valence-electron chi connectivity index (χ3n) is 21.4. The number of likely N-dealkylation sites (N-methyl/N-ethyl adjacent to an activating group) is 5. The minimum absolute atomic E-state index is 0. The number of nitrogens with two attached hydrogens (primary N) is 2. The predicted octanol–water partition coefficient (Wildman–Crippen LogP) is 12.3. The summed E-state index contributed by atoms with van der Waals surface area (Å²) in [6, 6.07) is 35.1. The number of primary sulfonamides is 1. The smallest absolute Gasteiger partial charge is 0.768 e. The van der Waals surface area contributed by atoms with Gasteiger partial charge in [-0.15, -0.1) is 0 Å². The van der Waals surface area contributed by atoms with Gasteiger partial charge in [0.15, 0.2) is 15.6 Å². The summed E-state index contributed by atoms with van der Waals surface area (Å²) in [7, 11) is -4.89. The van der Waals surface area contributed by atoms with E-state index in [0.717, 1.165) is 115 Å². The van der Waals surface area contributed by atoms with Crippen LogP contribution in [0.15, 0.2) is 142 Å². The molecule has 0 radical (unpaired) electrons. The van der Waals surface area contributed by atoms with Crippen LogP contribution in [0.1, 0.15) is 129 Å². The molecule has 6 aliphatic heterocycles. The van der Waals surface area contributed by atoms with Crippen LogP contribution in [0, 0.1) is 0 Å². The van der Waals surface area contributed by atoms with E-state index in [4.69, 9.17) is 21.4 Å². The van der Waals surface area contributed by atoms with Gasteiger partial charge in [-0.1, -0.05) is 157 Å². The topological polar surface area (TPSA) is 230 Å². The Kier molecular flexibility index (Phi) is 34.3. The van der Waals surface area contributed by atoms with Gasteiger partial charge < -0.3 is 34.4 Å². The molecule has 0 bridgehead atoms. The number of hydrogen-bond donors (Lipinski definition) is 4. The van der Waals surface area contributed by atoms with Crippen molar-refractivity contribution in [3.05, 3.63) is 185 Å². The van der Waals surface area contributed by atoms with Gasteiger partial charge >= 0.3 is 18.9 Å². The summed E-state index contributed by atoms with van der Waals surface area (Å²) in [4.78, 5) is 13.0. The van der Waals surface area contributed by atoms with Crippen LogP contribution in [-0.4, -0.2) is 153 Å². The van der Waals surface area contributed by atoms with Gasteiger partial charge in [0.05, 0.1) is 14.7 Å². The van der Waals surface area contributed by atoms with Crippen molar-refractivity contribution in [2.45, 2.75) is 214 Å². The molecule has 2 unspecified atom stereocenters. The van der Waals surface area contributed by atoms with E-state index < -0.39 is 64.9 Å². The summed E-state index contributed by atoms with van der Waals surface area (Å²) >= 11 is 11.0. The van der Waals surface area contributed by atoms with E-state index in [2.05, 4.69) is 249 Å². The van der Waals surface area contributed by atoms with Crippen molar-refractivity contribution in [2.75, 3.05) is 74.5 Å². The minimum atomic E-state index is -3.56. The molecule has 0 fully saturated rings. The van der Waals surface area contributed by atoms with E-state index in [1.165, 1.54) is 77.5 Å². The summed E-state index contributed by atoms with van der Waals surface area (Å²) in [5, 5.41) is 14.9. The van der Waals surface area contributed by atoms with Gasteiger partial charge in [-0.2, -0.15) is 11.1 Å². The molecular weight excluding hydrogens is 1590 g/mol. The second kappa shape index (κ2) is 38.8. The van der Waals surface area contributed by atoms with E-state index >= 15 is 0 Å². The molecule has 0 aromatic heterocycles.